The average molecular weight is 289 g/mol. The second-order valence-electron chi connectivity index (χ2n) is 6.81. The molecule has 0 bridgehead atoms. The number of carbonyl (C=O) groups excluding carboxylic acids is 1. The molecule has 1 amide bonds. The van der Waals surface area contributed by atoms with Crippen LogP contribution in [0.5, 0.6) is 0 Å². The zero-order valence-electron chi connectivity index (χ0n) is 13.6. The Kier molecular flexibility index (Phi) is 4.21. The van der Waals surface area contributed by atoms with Crippen LogP contribution >= 0.6 is 0 Å². The maximum absolute atomic E-state index is 11.8. The van der Waals surface area contributed by atoms with Crippen molar-refractivity contribution >= 4 is 11.5 Å². The van der Waals surface area contributed by atoms with Crippen molar-refractivity contribution in [2.75, 3.05) is 34.3 Å². The van der Waals surface area contributed by atoms with Gasteiger partial charge in [0.05, 0.1) is 27.7 Å². The van der Waals surface area contributed by atoms with Gasteiger partial charge in [-0.15, -0.1) is 0 Å². The summed E-state index contributed by atoms with van der Waals surface area (Å²) in [4.78, 5) is 11.8. The van der Waals surface area contributed by atoms with E-state index in [0.29, 0.717) is 6.61 Å². The number of carbonyl (C=O) groups is 1. The molecular formula is C17H25N2O2+. The summed E-state index contributed by atoms with van der Waals surface area (Å²) in [5, 5.41) is 2.92. The Morgan fingerprint density at radius 3 is 2.38 bits per heavy atom. The standard InChI is InChI=1S/C17H24N2O2/c1-13-6-8-14(9-7-13)15-12-16(20)18-17(15,2)21-11-10-19(3,4)5/h6-9,12H,10-11H2,1-5H3/p+1. The highest BCUT2D eigenvalue weighted by molar-refractivity contribution is 6.02. The molecule has 0 radical (unpaired) electrons. The summed E-state index contributed by atoms with van der Waals surface area (Å²) in [6, 6.07) is 8.16. The van der Waals surface area contributed by atoms with Gasteiger partial charge in [0.1, 0.15) is 6.54 Å². The molecule has 21 heavy (non-hydrogen) atoms. The van der Waals surface area contributed by atoms with Crippen molar-refractivity contribution in [2.24, 2.45) is 0 Å². The lowest BCUT2D eigenvalue weighted by molar-refractivity contribution is -0.870. The zero-order valence-corrected chi connectivity index (χ0v) is 13.6. The van der Waals surface area contributed by atoms with Gasteiger partial charge in [-0.25, -0.2) is 0 Å². The van der Waals surface area contributed by atoms with Gasteiger partial charge in [-0.05, 0) is 19.4 Å². The topological polar surface area (TPSA) is 38.3 Å². The third kappa shape index (κ3) is 3.93. The van der Waals surface area contributed by atoms with Crippen LogP contribution in [0.3, 0.4) is 0 Å². The first-order valence-corrected chi connectivity index (χ1v) is 7.25. The first-order chi connectivity index (χ1) is 9.70. The molecule has 0 aromatic heterocycles. The smallest absolute Gasteiger partial charge is 0.246 e. The number of nitrogens with one attached hydrogen (secondary N) is 1. The number of nitrogens with zero attached hydrogens (tertiary/aromatic N) is 1. The maximum Gasteiger partial charge on any atom is 0.246 e. The zero-order chi connectivity index (χ0) is 15.7. The predicted molar refractivity (Wildman–Crippen MR) is 84.6 cm³/mol. The largest absolute Gasteiger partial charge is 0.346 e. The lowest BCUT2D eigenvalue weighted by Gasteiger charge is -2.31. The number of quaternary nitrogens is 1. The van der Waals surface area contributed by atoms with Crippen molar-refractivity contribution in [3.63, 3.8) is 0 Å². The quantitative estimate of drug-likeness (QED) is 0.841. The van der Waals surface area contributed by atoms with E-state index in [1.54, 1.807) is 6.08 Å². The molecule has 114 valence electrons. The summed E-state index contributed by atoms with van der Waals surface area (Å²) in [5.41, 5.74) is 2.37. The van der Waals surface area contributed by atoms with Crippen LogP contribution < -0.4 is 5.32 Å². The van der Waals surface area contributed by atoms with Crippen LogP contribution in [0.25, 0.3) is 5.57 Å². The molecule has 1 N–H and O–H groups in total. The van der Waals surface area contributed by atoms with Gasteiger partial charge in [0, 0.05) is 11.6 Å². The van der Waals surface area contributed by atoms with Crippen LogP contribution in [0.1, 0.15) is 18.1 Å². The van der Waals surface area contributed by atoms with E-state index in [4.69, 9.17) is 4.74 Å². The van der Waals surface area contributed by atoms with Crippen LogP contribution in [0.2, 0.25) is 0 Å². The van der Waals surface area contributed by atoms with E-state index < -0.39 is 5.72 Å². The molecule has 0 saturated carbocycles. The minimum Gasteiger partial charge on any atom is -0.346 e. The summed E-state index contributed by atoms with van der Waals surface area (Å²) in [6.45, 7) is 5.43. The molecule has 4 nitrogen and oxygen atoms in total. The molecule has 1 unspecified atom stereocenters. The molecule has 1 aliphatic rings. The van der Waals surface area contributed by atoms with Gasteiger partial charge in [0.15, 0.2) is 5.72 Å². The number of hydrogen-bond donors (Lipinski definition) is 1. The summed E-state index contributed by atoms with van der Waals surface area (Å²) in [5.74, 6) is -0.0988. The number of amides is 1. The van der Waals surface area contributed by atoms with E-state index in [0.717, 1.165) is 22.2 Å². The van der Waals surface area contributed by atoms with Crippen LogP contribution in [0.15, 0.2) is 30.3 Å². The number of benzene rings is 1. The van der Waals surface area contributed by atoms with E-state index in [-0.39, 0.29) is 5.91 Å². The SMILES string of the molecule is Cc1ccc(C2=CC(=O)NC2(C)OCC[N+](C)(C)C)cc1. The average Bonchev–Trinajstić information content (AvgIpc) is 2.64. The minimum atomic E-state index is -0.749. The Labute approximate surface area is 127 Å². The molecule has 0 fully saturated rings. The maximum atomic E-state index is 11.8. The number of aryl methyl sites for hydroxylation is 1. The second kappa shape index (κ2) is 5.62. The molecule has 1 heterocycles. The Balaban J connectivity index is 2.16. The molecule has 0 aliphatic carbocycles. The summed E-state index contributed by atoms with van der Waals surface area (Å²) >= 11 is 0. The van der Waals surface area contributed by atoms with Crippen molar-refractivity contribution in [3.05, 3.63) is 41.5 Å². The third-order valence-corrected chi connectivity index (χ3v) is 3.67. The number of rotatable bonds is 5. The van der Waals surface area contributed by atoms with Gasteiger partial charge in [0.25, 0.3) is 0 Å². The fraction of sp³-hybridized carbons (Fsp3) is 0.471. The second-order valence-corrected chi connectivity index (χ2v) is 6.81. The first-order valence-electron chi connectivity index (χ1n) is 7.25. The Hall–Kier alpha value is -1.65. The summed E-state index contributed by atoms with van der Waals surface area (Å²) in [7, 11) is 6.36. The number of likely N-dealkylation sites (N-methyl/N-ethyl adjacent to an activating group) is 1. The van der Waals surface area contributed by atoms with Crippen LogP contribution in [-0.2, 0) is 9.53 Å². The van der Waals surface area contributed by atoms with E-state index in [1.807, 2.05) is 38.1 Å². The molecule has 1 aromatic carbocycles. The molecule has 4 heteroatoms. The van der Waals surface area contributed by atoms with E-state index in [1.165, 1.54) is 5.56 Å². The highest BCUT2D eigenvalue weighted by Gasteiger charge is 2.38. The molecule has 2 rings (SSSR count). The minimum absolute atomic E-state index is 0.0988. The van der Waals surface area contributed by atoms with Gasteiger partial charge < -0.3 is 14.5 Å². The molecule has 1 atom stereocenters. The van der Waals surface area contributed by atoms with Gasteiger partial charge in [0.2, 0.25) is 5.91 Å². The predicted octanol–water partition coefficient (Wildman–Crippen LogP) is 1.95. The fourth-order valence-electron chi connectivity index (χ4n) is 2.34. The normalized spacial score (nSPS) is 22.1. The van der Waals surface area contributed by atoms with Crippen LogP contribution in [0, 0.1) is 6.92 Å². The van der Waals surface area contributed by atoms with Crippen molar-refractivity contribution in [2.45, 2.75) is 19.6 Å². The molecular weight excluding hydrogens is 264 g/mol. The molecule has 1 aromatic rings. The van der Waals surface area contributed by atoms with Crippen molar-refractivity contribution in [1.29, 1.82) is 0 Å². The summed E-state index contributed by atoms with van der Waals surface area (Å²) < 4.78 is 6.85. The molecule has 0 saturated heterocycles. The highest BCUT2D eigenvalue weighted by atomic mass is 16.5. The van der Waals surface area contributed by atoms with Crippen molar-refractivity contribution < 1.29 is 14.0 Å². The summed E-state index contributed by atoms with van der Waals surface area (Å²) in [6.07, 6.45) is 1.64. The monoisotopic (exact) mass is 289 g/mol. The van der Waals surface area contributed by atoms with Gasteiger partial charge >= 0.3 is 0 Å². The Morgan fingerprint density at radius 1 is 1.19 bits per heavy atom. The van der Waals surface area contributed by atoms with E-state index in [9.17, 15) is 4.79 Å². The van der Waals surface area contributed by atoms with E-state index >= 15 is 0 Å². The lowest BCUT2D eigenvalue weighted by Crippen LogP contribution is -2.46. The first kappa shape index (κ1) is 15.7. The number of hydrogen-bond acceptors (Lipinski definition) is 2. The fourth-order valence-corrected chi connectivity index (χ4v) is 2.34. The lowest BCUT2D eigenvalue weighted by atomic mass is 9.97. The van der Waals surface area contributed by atoms with E-state index in [2.05, 4.69) is 26.5 Å². The molecule has 0 spiro atoms. The highest BCUT2D eigenvalue weighted by Crippen LogP contribution is 2.32. The van der Waals surface area contributed by atoms with Gasteiger partial charge in [-0.3, -0.25) is 4.79 Å². The third-order valence-electron chi connectivity index (χ3n) is 3.67. The Morgan fingerprint density at radius 2 is 1.81 bits per heavy atom. The van der Waals surface area contributed by atoms with Crippen LogP contribution in [0.4, 0.5) is 0 Å². The van der Waals surface area contributed by atoms with Crippen LogP contribution in [-0.4, -0.2) is 50.4 Å². The Bertz CT molecular complexity index is 555. The number of ether oxygens (including phenoxy) is 1. The van der Waals surface area contributed by atoms with Gasteiger partial charge in [-0.2, -0.15) is 0 Å². The molecule has 1 aliphatic heterocycles. The van der Waals surface area contributed by atoms with Crippen molar-refractivity contribution in [3.8, 4) is 0 Å². The van der Waals surface area contributed by atoms with Gasteiger partial charge in [-0.1, -0.05) is 29.8 Å². The van der Waals surface area contributed by atoms with Crippen molar-refractivity contribution in [1.82, 2.24) is 5.32 Å².